The zero-order valence-electron chi connectivity index (χ0n) is 23.5. The Morgan fingerprint density at radius 3 is 2.71 bits per heavy atom. The van der Waals surface area contributed by atoms with Crippen molar-refractivity contribution in [3.63, 3.8) is 0 Å². The number of carboxylic acids is 1. The van der Waals surface area contributed by atoms with Crippen LogP contribution in [0.2, 0.25) is 0 Å². The Morgan fingerprint density at radius 2 is 1.90 bits per heavy atom. The molecule has 3 N–H and O–H groups in total. The molecule has 222 valence electrons. The highest BCUT2D eigenvalue weighted by atomic mass is 16.7. The van der Waals surface area contributed by atoms with Crippen LogP contribution in [0, 0.1) is 17.8 Å². The number of rotatable bonds is 10. The van der Waals surface area contributed by atoms with Crippen LogP contribution < -0.4 is 10.6 Å². The first kappa shape index (κ1) is 28.3. The van der Waals surface area contributed by atoms with Crippen LogP contribution in [0.1, 0.15) is 44.2 Å². The van der Waals surface area contributed by atoms with Crippen LogP contribution in [0.4, 0.5) is 10.6 Å². The summed E-state index contributed by atoms with van der Waals surface area (Å²) in [6, 6.07) is 9.46. The Bertz CT molecular complexity index is 1430. The van der Waals surface area contributed by atoms with Gasteiger partial charge in [0.15, 0.2) is 23.3 Å². The summed E-state index contributed by atoms with van der Waals surface area (Å²) in [7, 11) is 0. The van der Waals surface area contributed by atoms with Gasteiger partial charge in [-0.3, -0.25) is 10.1 Å². The molecule has 12 heteroatoms. The number of aliphatic carboxylic acids is 1. The number of benzene rings is 1. The van der Waals surface area contributed by atoms with Gasteiger partial charge in [-0.2, -0.15) is 0 Å². The van der Waals surface area contributed by atoms with E-state index < -0.39 is 12.3 Å². The molecule has 2 amide bonds. The van der Waals surface area contributed by atoms with Crippen LogP contribution in [-0.4, -0.2) is 74.9 Å². The van der Waals surface area contributed by atoms with Crippen LogP contribution in [0.25, 0.3) is 17.2 Å². The Balaban J connectivity index is 1.21. The van der Waals surface area contributed by atoms with E-state index >= 15 is 0 Å². The van der Waals surface area contributed by atoms with Crippen molar-refractivity contribution < 1.29 is 28.9 Å². The Morgan fingerprint density at radius 1 is 1.10 bits per heavy atom. The number of carbonyl (C=O) groups is 2. The third kappa shape index (κ3) is 5.87. The lowest BCUT2D eigenvalue weighted by molar-refractivity contribution is -0.143. The van der Waals surface area contributed by atoms with Gasteiger partial charge in [-0.15, -0.1) is 0 Å². The SMILES string of the molecule is CCNC(=O)Nc1ncnc2c1ncn2C1CC(COCC2CCCC2C(=O)O)C2O[C@H](C=Cc3ccccc3)OC21. The lowest BCUT2D eigenvalue weighted by Gasteiger charge is -2.21. The second kappa shape index (κ2) is 12.6. The molecule has 1 saturated heterocycles. The second-order valence-electron chi connectivity index (χ2n) is 11.1. The molecule has 3 fully saturated rings. The minimum absolute atomic E-state index is 0.0204. The van der Waals surface area contributed by atoms with E-state index in [1.165, 1.54) is 6.33 Å². The number of carbonyl (C=O) groups excluding carboxylic acids is 1. The molecule has 6 unspecified atom stereocenters. The van der Waals surface area contributed by atoms with Gasteiger partial charge in [-0.25, -0.2) is 19.7 Å². The molecule has 0 bridgehead atoms. The van der Waals surface area contributed by atoms with Crippen LogP contribution in [-0.2, 0) is 19.0 Å². The minimum Gasteiger partial charge on any atom is -0.481 e. The number of aromatic nitrogens is 4. The quantitative estimate of drug-likeness (QED) is 0.327. The number of nitrogens with zero attached hydrogens (tertiary/aromatic N) is 4. The van der Waals surface area contributed by atoms with Crippen LogP contribution in [0.3, 0.4) is 0 Å². The van der Waals surface area contributed by atoms with Crippen molar-refractivity contribution in [1.29, 1.82) is 0 Å². The molecule has 0 radical (unpaired) electrons. The van der Waals surface area contributed by atoms with E-state index in [4.69, 9.17) is 14.2 Å². The molecular formula is C30H36N6O6. The maximum atomic E-state index is 12.2. The molecule has 7 atom stereocenters. The van der Waals surface area contributed by atoms with Crippen molar-refractivity contribution in [2.24, 2.45) is 17.8 Å². The van der Waals surface area contributed by atoms with E-state index in [-0.39, 0.29) is 42.0 Å². The second-order valence-corrected chi connectivity index (χ2v) is 11.1. The number of anilines is 1. The van der Waals surface area contributed by atoms with Crippen LogP contribution >= 0.6 is 0 Å². The number of hydrogen-bond acceptors (Lipinski definition) is 8. The standard InChI is InChI=1S/C30H36N6O6/c1-2-31-30(39)35-27-24-28(33-16-32-27)36(17-34-24)22-13-20(15-40-14-19-9-6-10-21(19)29(37)38)25-26(22)42-23(41-25)12-11-18-7-4-3-5-8-18/h3-5,7-8,11-12,16-17,19-23,25-26H,2,6,9-10,13-15H2,1H3,(H,37,38)(H2,31,32,33,35,39)/t19?,20?,21?,22?,23-,25?,26?/m0/s1. The maximum absolute atomic E-state index is 12.2. The monoisotopic (exact) mass is 576 g/mol. The number of hydrogen-bond donors (Lipinski definition) is 3. The highest BCUT2D eigenvalue weighted by molar-refractivity contribution is 5.95. The van der Waals surface area contributed by atoms with Crippen molar-refractivity contribution in [1.82, 2.24) is 24.8 Å². The van der Waals surface area contributed by atoms with E-state index in [2.05, 4.69) is 25.6 Å². The van der Waals surface area contributed by atoms with Gasteiger partial charge in [0, 0.05) is 12.5 Å². The molecule has 0 spiro atoms. The van der Waals surface area contributed by atoms with Crippen molar-refractivity contribution >= 4 is 35.1 Å². The number of nitrogens with one attached hydrogen (secondary N) is 2. The fourth-order valence-corrected chi connectivity index (χ4v) is 6.47. The smallest absolute Gasteiger partial charge is 0.320 e. The molecule has 1 aromatic carbocycles. The van der Waals surface area contributed by atoms with Gasteiger partial charge in [-0.1, -0.05) is 42.8 Å². The Labute approximate surface area is 243 Å². The van der Waals surface area contributed by atoms with Gasteiger partial charge >= 0.3 is 12.0 Å². The van der Waals surface area contributed by atoms with Crippen LogP contribution in [0.15, 0.2) is 49.1 Å². The molecule has 3 aliphatic rings. The Kier molecular flexibility index (Phi) is 8.45. The molecule has 12 nitrogen and oxygen atoms in total. The largest absolute Gasteiger partial charge is 0.481 e. The lowest BCUT2D eigenvalue weighted by atomic mass is 9.97. The summed E-state index contributed by atoms with van der Waals surface area (Å²) in [5, 5.41) is 15.0. The predicted octanol–water partition coefficient (Wildman–Crippen LogP) is 3.87. The van der Waals surface area contributed by atoms with Crippen molar-refractivity contribution in [2.45, 2.75) is 57.1 Å². The summed E-state index contributed by atoms with van der Waals surface area (Å²) in [6.45, 7) is 3.18. The normalized spacial score (nSPS) is 28.8. The third-order valence-electron chi connectivity index (χ3n) is 8.47. The van der Waals surface area contributed by atoms with Crippen molar-refractivity contribution in [2.75, 3.05) is 25.1 Å². The number of urea groups is 1. The van der Waals surface area contributed by atoms with Gasteiger partial charge in [0.2, 0.25) is 0 Å². The zero-order valence-corrected chi connectivity index (χ0v) is 23.5. The summed E-state index contributed by atoms with van der Waals surface area (Å²) in [5.41, 5.74) is 2.12. The number of fused-ring (bicyclic) bond motifs is 2. The van der Waals surface area contributed by atoms with Gasteiger partial charge in [0.25, 0.3) is 0 Å². The highest BCUT2D eigenvalue weighted by Gasteiger charge is 2.52. The van der Waals surface area contributed by atoms with E-state index in [1.807, 2.05) is 54.0 Å². The molecule has 1 aliphatic heterocycles. The van der Waals surface area contributed by atoms with Gasteiger partial charge in [-0.05, 0) is 43.7 Å². The van der Waals surface area contributed by atoms with Gasteiger partial charge in [0.05, 0.1) is 37.6 Å². The van der Waals surface area contributed by atoms with Gasteiger partial charge < -0.3 is 29.2 Å². The summed E-state index contributed by atoms with van der Waals surface area (Å²) >= 11 is 0. The first-order valence-corrected chi connectivity index (χ1v) is 14.6. The lowest BCUT2D eigenvalue weighted by Crippen LogP contribution is -2.29. The topological polar surface area (TPSA) is 150 Å². The summed E-state index contributed by atoms with van der Waals surface area (Å²) in [5.74, 6) is -0.699. The van der Waals surface area contributed by atoms with Crippen LogP contribution in [0.5, 0.6) is 0 Å². The molecule has 6 rings (SSSR count). The zero-order chi connectivity index (χ0) is 29.1. The first-order valence-electron chi connectivity index (χ1n) is 14.6. The van der Waals surface area contributed by atoms with Crippen molar-refractivity contribution in [3.8, 4) is 0 Å². The molecule has 2 aromatic heterocycles. The average molecular weight is 577 g/mol. The molecule has 3 heterocycles. The summed E-state index contributed by atoms with van der Waals surface area (Å²) in [6.07, 6.45) is 9.17. The number of carboxylic acid groups (broad SMARTS) is 1. The minimum atomic E-state index is -0.738. The summed E-state index contributed by atoms with van der Waals surface area (Å²) < 4.78 is 21.0. The van der Waals surface area contributed by atoms with E-state index in [1.54, 1.807) is 6.33 Å². The molecule has 2 aliphatic carbocycles. The fraction of sp³-hybridized carbons (Fsp3) is 0.500. The molecule has 3 aromatic rings. The number of imidazole rings is 1. The average Bonchev–Trinajstić information content (AvgIpc) is 3.77. The van der Waals surface area contributed by atoms with Crippen molar-refractivity contribution in [3.05, 3.63) is 54.6 Å². The molecule has 42 heavy (non-hydrogen) atoms. The molecular weight excluding hydrogens is 540 g/mol. The van der Waals surface area contributed by atoms with E-state index in [0.29, 0.717) is 49.6 Å². The number of amides is 2. The predicted molar refractivity (Wildman–Crippen MR) is 153 cm³/mol. The van der Waals surface area contributed by atoms with Gasteiger partial charge in [0.1, 0.15) is 12.4 Å². The summed E-state index contributed by atoms with van der Waals surface area (Å²) in [4.78, 5) is 37.1. The highest BCUT2D eigenvalue weighted by Crippen LogP contribution is 2.45. The third-order valence-corrected chi connectivity index (χ3v) is 8.47. The maximum Gasteiger partial charge on any atom is 0.320 e. The first-order chi connectivity index (χ1) is 20.5. The number of ether oxygens (including phenoxy) is 3. The fourth-order valence-electron chi connectivity index (χ4n) is 6.47. The molecule has 2 saturated carbocycles. The van der Waals surface area contributed by atoms with E-state index in [9.17, 15) is 14.7 Å². The van der Waals surface area contributed by atoms with E-state index in [0.717, 1.165) is 18.4 Å². The Hall–Kier alpha value is -3.87.